The Bertz CT molecular complexity index is 810. The molecule has 3 N–H and O–H groups in total. The SMILES string of the molecule is Cc1cc(Nc2ccc(Cl)cc2)c2c(N)ccc(C)c2n1. The number of aromatic nitrogens is 1. The van der Waals surface area contributed by atoms with Crippen molar-refractivity contribution in [2.75, 3.05) is 11.1 Å². The minimum Gasteiger partial charge on any atom is -0.398 e. The maximum Gasteiger partial charge on any atom is 0.0776 e. The number of hydrogen-bond donors (Lipinski definition) is 2. The zero-order chi connectivity index (χ0) is 15.0. The van der Waals surface area contributed by atoms with E-state index in [2.05, 4.69) is 10.3 Å². The van der Waals surface area contributed by atoms with Gasteiger partial charge < -0.3 is 11.1 Å². The van der Waals surface area contributed by atoms with Crippen molar-refractivity contribution >= 4 is 39.6 Å². The van der Waals surface area contributed by atoms with Crippen LogP contribution in [0.4, 0.5) is 17.1 Å². The van der Waals surface area contributed by atoms with Gasteiger partial charge in [-0.1, -0.05) is 17.7 Å². The second kappa shape index (κ2) is 5.26. The summed E-state index contributed by atoms with van der Waals surface area (Å²) in [4.78, 5) is 4.61. The summed E-state index contributed by atoms with van der Waals surface area (Å²) in [5, 5.41) is 5.07. The number of nitrogens with one attached hydrogen (secondary N) is 1. The van der Waals surface area contributed by atoms with Crippen LogP contribution in [0.2, 0.25) is 5.02 Å². The van der Waals surface area contributed by atoms with Crippen molar-refractivity contribution < 1.29 is 0 Å². The summed E-state index contributed by atoms with van der Waals surface area (Å²) in [5.74, 6) is 0. The second-order valence-corrected chi connectivity index (χ2v) is 5.57. The van der Waals surface area contributed by atoms with Gasteiger partial charge in [0.2, 0.25) is 0 Å². The van der Waals surface area contributed by atoms with Gasteiger partial charge in [0.05, 0.1) is 11.2 Å². The molecule has 0 aliphatic carbocycles. The van der Waals surface area contributed by atoms with Crippen LogP contribution in [0.3, 0.4) is 0 Å². The summed E-state index contributed by atoms with van der Waals surface area (Å²) in [6.07, 6.45) is 0. The topological polar surface area (TPSA) is 50.9 Å². The molecule has 0 amide bonds. The lowest BCUT2D eigenvalue weighted by Crippen LogP contribution is -1.99. The highest BCUT2D eigenvalue weighted by atomic mass is 35.5. The number of nitrogens with zero attached hydrogens (tertiary/aromatic N) is 1. The summed E-state index contributed by atoms with van der Waals surface area (Å²) in [6, 6.07) is 13.5. The molecule has 0 fully saturated rings. The zero-order valence-corrected chi connectivity index (χ0v) is 12.7. The van der Waals surface area contributed by atoms with Crippen LogP contribution in [0.15, 0.2) is 42.5 Å². The molecule has 0 saturated heterocycles. The van der Waals surface area contributed by atoms with E-state index in [1.807, 2.05) is 56.3 Å². The van der Waals surface area contributed by atoms with Gasteiger partial charge in [-0.3, -0.25) is 4.98 Å². The van der Waals surface area contributed by atoms with Crippen molar-refractivity contribution in [3.05, 3.63) is 58.7 Å². The van der Waals surface area contributed by atoms with Crippen molar-refractivity contribution in [2.24, 2.45) is 0 Å². The average molecular weight is 298 g/mol. The van der Waals surface area contributed by atoms with E-state index in [1.54, 1.807) is 0 Å². The third kappa shape index (κ3) is 2.65. The normalized spacial score (nSPS) is 10.8. The fourth-order valence-corrected chi connectivity index (χ4v) is 2.54. The molecule has 0 aliphatic heterocycles. The molecule has 0 aliphatic rings. The number of anilines is 3. The molecule has 3 nitrogen and oxygen atoms in total. The molecule has 0 spiro atoms. The van der Waals surface area contributed by atoms with Gasteiger partial charge >= 0.3 is 0 Å². The van der Waals surface area contributed by atoms with Crippen LogP contribution in [-0.2, 0) is 0 Å². The highest BCUT2D eigenvalue weighted by molar-refractivity contribution is 6.30. The summed E-state index contributed by atoms with van der Waals surface area (Å²) >= 11 is 5.92. The maximum atomic E-state index is 6.15. The lowest BCUT2D eigenvalue weighted by molar-refractivity contribution is 1.24. The van der Waals surface area contributed by atoms with Crippen molar-refractivity contribution in [1.82, 2.24) is 4.98 Å². The number of benzene rings is 2. The van der Waals surface area contributed by atoms with Crippen LogP contribution in [-0.4, -0.2) is 4.98 Å². The Morgan fingerprint density at radius 2 is 1.76 bits per heavy atom. The Morgan fingerprint density at radius 3 is 2.48 bits per heavy atom. The minimum absolute atomic E-state index is 0.715. The fourth-order valence-electron chi connectivity index (χ4n) is 2.42. The molecule has 0 bridgehead atoms. The van der Waals surface area contributed by atoms with Crippen LogP contribution in [0.5, 0.6) is 0 Å². The highest BCUT2D eigenvalue weighted by Gasteiger charge is 2.10. The van der Waals surface area contributed by atoms with E-state index < -0.39 is 0 Å². The molecule has 0 saturated carbocycles. The van der Waals surface area contributed by atoms with E-state index in [1.165, 1.54) is 0 Å². The van der Waals surface area contributed by atoms with E-state index in [0.717, 1.165) is 39.2 Å². The van der Waals surface area contributed by atoms with Crippen LogP contribution >= 0.6 is 11.6 Å². The predicted molar refractivity (Wildman–Crippen MR) is 90.4 cm³/mol. The number of aryl methyl sites for hydroxylation is 2. The second-order valence-electron chi connectivity index (χ2n) is 5.14. The molecule has 1 aromatic heterocycles. The third-order valence-corrected chi connectivity index (χ3v) is 3.70. The average Bonchev–Trinajstić information content (AvgIpc) is 2.45. The number of rotatable bonds is 2. The number of fused-ring (bicyclic) bond motifs is 1. The highest BCUT2D eigenvalue weighted by Crippen LogP contribution is 2.32. The van der Waals surface area contributed by atoms with Crippen molar-refractivity contribution in [3.63, 3.8) is 0 Å². The lowest BCUT2D eigenvalue weighted by Gasteiger charge is -2.14. The van der Waals surface area contributed by atoms with Crippen molar-refractivity contribution in [2.45, 2.75) is 13.8 Å². The molecule has 21 heavy (non-hydrogen) atoms. The van der Waals surface area contributed by atoms with Crippen LogP contribution in [0.1, 0.15) is 11.3 Å². The largest absolute Gasteiger partial charge is 0.398 e. The first kappa shape index (κ1) is 13.7. The first-order valence-electron chi connectivity index (χ1n) is 6.73. The van der Waals surface area contributed by atoms with Crippen molar-refractivity contribution in [3.8, 4) is 0 Å². The molecule has 2 aromatic carbocycles. The Balaban J connectivity index is 2.17. The summed E-state index contributed by atoms with van der Waals surface area (Å²) in [6.45, 7) is 4.02. The van der Waals surface area contributed by atoms with E-state index in [9.17, 15) is 0 Å². The molecule has 0 unspecified atom stereocenters. The first-order chi connectivity index (χ1) is 10.0. The van der Waals surface area contributed by atoms with Crippen LogP contribution in [0, 0.1) is 13.8 Å². The molecule has 106 valence electrons. The quantitative estimate of drug-likeness (QED) is 0.666. The monoisotopic (exact) mass is 297 g/mol. The Morgan fingerprint density at radius 1 is 1.05 bits per heavy atom. The van der Waals surface area contributed by atoms with Gasteiger partial charge in [0.15, 0.2) is 0 Å². The Hall–Kier alpha value is -2.26. The number of nitrogens with two attached hydrogens (primary N) is 1. The Kier molecular flexibility index (Phi) is 3.43. The fraction of sp³-hybridized carbons (Fsp3) is 0.118. The third-order valence-electron chi connectivity index (χ3n) is 3.45. The van der Waals surface area contributed by atoms with Gasteiger partial charge in [0.1, 0.15) is 0 Å². The van der Waals surface area contributed by atoms with E-state index in [-0.39, 0.29) is 0 Å². The minimum atomic E-state index is 0.715. The zero-order valence-electron chi connectivity index (χ0n) is 11.9. The lowest BCUT2D eigenvalue weighted by atomic mass is 10.1. The van der Waals surface area contributed by atoms with Crippen molar-refractivity contribution in [1.29, 1.82) is 0 Å². The molecular formula is C17H16ClN3. The maximum absolute atomic E-state index is 6.15. The number of nitrogen functional groups attached to an aromatic ring is 1. The Labute approximate surface area is 128 Å². The number of halogens is 1. The van der Waals surface area contributed by atoms with Gasteiger partial charge in [-0.05, 0) is 55.8 Å². The van der Waals surface area contributed by atoms with Gasteiger partial charge in [-0.15, -0.1) is 0 Å². The standard InChI is InChI=1S/C17H16ClN3/c1-10-3-8-14(19)16-15(9-11(2)20-17(10)16)21-13-6-4-12(18)5-7-13/h3-9H,19H2,1-2H3,(H,20,21). The van der Waals surface area contributed by atoms with Gasteiger partial charge in [0, 0.05) is 27.5 Å². The smallest absolute Gasteiger partial charge is 0.0776 e. The molecule has 0 radical (unpaired) electrons. The van der Waals surface area contributed by atoms with E-state index in [0.29, 0.717) is 5.02 Å². The first-order valence-corrected chi connectivity index (χ1v) is 7.11. The molecule has 0 atom stereocenters. The van der Waals surface area contributed by atoms with Gasteiger partial charge in [-0.25, -0.2) is 0 Å². The van der Waals surface area contributed by atoms with Gasteiger partial charge in [-0.2, -0.15) is 0 Å². The summed E-state index contributed by atoms with van der Waals surface area (Å²) in [7, 11) is 0. The number of hydrogen-bond acceptors (Lipinski definition) is 3. The predicted octanol–water partition coefficient (Wildman–Crippen LogP) is 4.83. The molecular weight excluding hydrogens is 282 g/mol. The van der Waals surface area contributed by atoms with E-state index in [4.69, 9.17) is 17.3 Å². The number of pyridine rings is 1. The van der Waals surface area contributed by atoms with Crippen LogP contribution in [0.25, 0.3) is 10.9 Å². The van der Waals surface area contributed by atoms with Gasteiger partial charge in [0.25, 0.3) is 0 Å². The summed E-state index contributed by atoms with van der Waals surface area (Å²) < 4.78 is 0. The van der Waals surface area contributed by atoms with Crippen LogP contribution < -0.4 is 11.1 Å². The molecule has 3 aromatic rings. The van der Waals surface area contributed by atoms with E-state index >= 15 is 0 Å². The molecule has 4 heteroatoms. The molecule has 3 rings (SSSR count). The molecule has 1 heterocycles. The summed E-state index contributed by atoms with van der Waals surface area (Å²) in [5.41, 5.74) is 11.8.